The van der Waals surface area contributed by atoms with E-state index in [9.17, 15) is 4.79 Å². The number of fused-ring (bicyclic) bond motifs is 1. The van der Waals surface area contributed by atoms with Crippen LogP contribution in [0.5, 0.6) is 0 Å². The number of hydrogen-bond acceptors (Lipinski definition) is 4. The lowest BCUT2D eigenvalue weighted by Gasteiger charge is -2.31. The molecule has 2 aromatic rings. The molecule has 0 unspecified atom stereocenters. The predicted molar refractivity (Wildman–Crippen MR) is 79.0 cm³/mol. The summed E-state index contributed by atoms with van der Waals surface area (Å²) in [7, 11) is 4.03. The molecule has 0 atom stereocenters. The summed E-state index contributed by atoms with van der Waals surface area (Å²) in [5.74, 6) is 0.195. The third kappa shape index (κ3) is 2.59. The maximum Gasteiger partial charge on any atom is 0.176 e. The number of benzene rings is 1. The molecule has 0 aliphatic carbocycles. The molecule has 1 fully saturated rings. The summed E-state index contributed by atoms with van der Waals surface area (Å²) in [5.41, 5.74) is 1.84. The van der Waals surface area contributed by atoms with E-state index in [1.807, 2.05) is 36.1 Å². The Morgan fingerprint density at radius 1 is 1.20 bits per heavy atom. The number of aryl methyl sites for hydroxylation is 1. The van der Waals surface area contributed by atoms with Gasteiger partial charge in [-0.15, -0.1) is 0 Å². The lowest BCUT2D eigenvalue weighted by atomic mass is 10.1. The molecule has 0 bridgehead atoms. The first-order valence-corrected chi connectivity index (χ1v) is 6.99. The maximum absolute atomic E-state index is 12.4. The van der Waals surface area contributed by atoms with Crippen molar-refractivity contribution in [1.82, 2.24) is 19.6 Å². The fourth-order valence-corrected chi connectivity index (χ4v) is 2.64. The van der Waals surface area contributed by atoms with Crippen LogP contribution in [-0.4, -0.2) is 65.1 Å². The van der Waals surface area contributed by atoms with Crippen molar-refractivity contribution in [2.45, 2.75) is 0 Å². The smallest absolute Gasteiger partial charge is 0.176 e. The van der Waals surface area contributed by atoms with Crippen LogP contribution in [0.3, 0.4) is 0 Å². The number of carbonyl (C=O) groups excluding carboxylic acids is 1. The minimum atomic E-state index is 0.195. The molecule has 5 nitrogen and oxygen atoms in total. The van der Waals surface area contributed by atoms with Gasteiger partial charge in [-0.05, 0) is 25.2 Å². The maximum atomic E-state index is 12.4. The topological polar surface area (TPSA) is 41.4 Å². The van der Waals surface area contributed by atoms with Gasteiger partial charge in [0.05, 0.1) is 18.3 Å². The van der Waals surface area contributed by atoms with E-state index >= 15 is 0 Å². The van der Waals surface area contributed by atoms with E-state index in [0.29, 0.717) is 6.54 Å². The molecule has 20 heavy (non-hydrogen) atoms. The monoisotopic (exact) mass is 272 g/mol. The largest absolute Gasteiger partial charge is 0.304 e. The molecular formula is C15H20N4O. The van der Waals surface area contributed by atoms with Crippen LogP contribution in [0.15, 0.2) is 24.4 Å². The van der Waals surface area contributed by atoms with E-state index in [-0.39, 0.29) is 5.78 Å². The molecule has 0 amide bonds. The van der Waals surface area contributed by atoms with E-state index in [4.69, 9.17) is 0 Å². The standard InChI is InChI=1S/C15H20N4O/c1-17-5-7-19(8-6-17)11-15(20)12-3-4-14-13(9-12)10-16-18(14)2/h3-4,9-10H,5-8,11H2,1-2H3. The number of Topliss-reactive ketones (excluding diaryl/α,β-unsaturated/α-hetero) is 1. The summed E-state index contributed by atoms with van der Waals surface area (Å²) in [5, 5.41) is 5.23. The fraction of sp³-hybridized carbons (Fsp3) is 0.467. The molecule has 3 rings (SSSR count). The molecule has 1 aromatic carbocycles. The van der Waals surface area contributed by atoms with Gasteiger partial charge in [-0.3, -0.25) is 14.4 Å². The van der Waals surface area contributed by atoms with E-state index in [1.165, 1.54) is 0 Å². The van der Waals surface area contributed by atoms with Gasteiger partial charge in [-0.25, -0.2) is 0 Å². The zero-order valence-corrected chi connectivity index (χ0v) is 12.0. The average molecular weight is 272 g/mol. The Kier molecular flexibility index (Phi) is 3.54. The van der Waals surface area contributed by atoms with Crippen molar-refractivity contribution in [3.8, 4) is 0 Å². The Balaban J connectivity index is 1.72. The fourth-order valence-electron chi connectivity index (χ4n) is 2.64. The molecule has 1 saturated heterocycles. The summed E-state index contributed by atoms with van der Waals surface area (Å²) in [4.78, 5) is 16.9. The first-order valence-electron chi connectivity index (χ1n) is 6.99. The highest BCUT2D eigenvalue weighted by Crippen LogP contribution is 2.15. The van der Waals surface area contributed by atoms with E-state index in [1.54, 1.807) is 0 Å². The summed E-state index contributed by atoms with van der Waals surface area (Å²) in [6.07, 6.45) is 1.81. The van der Waals surface area contributed by atoms with Crippen molar-refractivity contribution in [3.63, 3.8) is 0 Å². The van der Waals surface area contributed by atoms with Gasteiger partial charge in [0.1, 0.15) is 0 Å². The van der Waals surface area contributed by atoms with E-state index in [0.717, 1.165) is 42.6 Å². The van der Waals surface area contributed by atoms with Gasteiger partial charge in [-0.2, -0.15) is 5.10 Å². The van der Waals surface area contributed by atoms with Crippen LogP contribution >= 0.6 is 0 Å². The Bertz CT molecular complexity index is 626. The van der Waals surface area contributed by atoms with E-state index < -0.39 is 0 Å². The van der Waals surface area contributed by atoms with Gasteiger partial charge in [0.2, 0.25) is 0 Å². The zero-order valence-electron chi connectivity index (χ0n) is 12.0. The SMILES string of the molecule is CN1CCN(CC(=O)c2ccc3c(cnn3C)c2)CC1. The van der Waals surface area contributed by atoms with Crippen LogP contribution in [0.4, 0.5) is 0 Å². The first-order chi connectivity index (χ1) is 9.63. The van der Waals surface area contributed by atoms with Gasteiger partial charge >= 0.3 is 0 Å². The summed E-state index contributed by atoms with van der Waals surface area (Å²) < 4.78 is 1.82. The number of nitrogens with zero attached hydrogens (tertiary/aromatic N) is 4. The normalized spacial score (nSPS) is 17.7. The molecule has 0 spiro atoms. The summed E-state index contributed by atoms with van der Waals surface area (Å²) in [6, 6.07) is 5.82. The first kappa shape index (κ1) is 13.3. The molecule has 106 valence electrons. The Hall–Kier alpha value is -1.72. The van der Waals surface area contributed by atoms with Crippen LogP contribution < -0.4 is 0 Å². The van der Waals surface area contributed by atoms with Gasteiger partial charge in [0, 0.05) is 44.2 Å². The van der Waals surface area contributed by atoms with Gasteiger partial charge in [0.25, 0.3) is 0 Å². The highest BCUT2D eigenvalue weighted by molar-refractivity contribution is 6.00. The number of carbonyl (C=O) groups is 1. The second-order valence-corrected chi connectivity index (χ2v) is 5.54. The highest BCUT2D eigenvalue weighted by Gasteiger charge is 2.17. The number of likely N-dealkylation sites (N-methyl/N-ethyl adjacent to an activating group) is 1. The number of aromatic nitrogens is 2. The summed E-state index contributed by atoms with van der Waals surface area (Å²) in [6.45, 7) is 4.53. The van der Waals surface area contributed by atoms with Crippen molar-refractivity contribution in [1.29, 1.82) is 0 Å². The number of piperazine rings is 1. The lowest BCUT2D eigenvalue weighted by Crippen LogP contribution is -2.46. The molecule has 0 N–H and O–H groups in total. The van der Waals surface area contributed by atoms with Crippen LogP contribution in [0.1, 0.15) is 10.4 Å². The molecular weight excluding hydrogens is 252 g/mol. The predicted octanol–water partition coefficient (Wildman–Crippen LogP) is 1.00. The van der Waals surface area contributed by atoms with Crippen LogP contribution in [0.2, 0.25) is 0 Å². The number of rotatable bonds is 3. The second-order valence-electron chi connectivity index (χ2n) is 5.54. The number of ketones is 1. The zero-order chi connectivity index (χ0) is 14.1. The third-order valence-corrected chi connectivity index (χ3v) is 4.03. The van der Waals surface area contributed by atoms with Crippen molar-refractivity contribution < 1.29 is 4.79 Å². The van der Waals surface area contributed by atoms with E-state index in [2.05, 4.69) is 21.9 Å². The second kappa shape index (κ2) is 5.34. The minimum absolute atomic E-state index is 0.195. The average Bonchev–Trinajstić information content (AvgIpc) is 2.82. The summed E-state index contributed by atoms with van der Waals surface area (Å²) >= 11 is 0. The number of hydrogen-bond donors (Lipinski definition) is 0. The molecule has 1 aliphatic heterocycles. The Morgan fingerprint density at radius 3 is 2.70 bits per heavy atom. The minimum Gasteiger partial charge on any atom is -0.304 e. The van der Waals surface area contributed by atoms with Crippen molar-refractivity contribution in [3.05, 3.63) is 30.0 Å². The van der Waals surface area contributed by atoms with Crippen molar-refractivity contribution in [2.75, 3.05) is 39.8 Å². The van der Waals surface area contributed by atoms with Crippen LogP contribution in [-0.2, 0) is 7.05 Å². The van der Waals surface area contributed by atoms with Crippen LogP contribution in [0, 0.1) is 0 Å². The van der Waals surface area contributed by atoms with Crippen molar-refractivity contribution in [2.24, 2.45) is 7.05 Å². The van der Waals surface area contributed by atoms with Gasteiger partial charge in [0.15, 0.2) is 5.78 Å². The van der Waals surface area contributed by atoms with Gasteiger partial charge in [-0.1, -0.05) is 0 Å². The van der Waals surface area contributed by atoms with Gasteiger partial charge < -0.3 is 4.90 Å². The molecule has 1 aromatic heterocycles. The molecule has 5 heteroatoms. The molecule has 0 radical (unpaired) electrons. The third-order valence-electron chi connectivity index (χ3n) is 4.03. The quantitative estimate of drug-likeness (QED) is 0.782. The Labute approximate surface area is 118 Å². The molecule has 2 heterocycles. The van der Waals surface area contributed by atoms with Crippen LogP contribution in [0.25, 0.3) is 10.9 Å². The Morgan fingerprint density at radius 2 is 1.95 bits per heavy atom. The lowest BCUT2D eigenvalue weighted by molar-refractivity contribution is 0.0876. The molecule has 0 saturated carbocycles. The highest BCUT2D eigenvalue weighted by atomic mass is 16.1. The van der Waals surface area contributed by atoms with Crippen molar-refractivity contribution >= 4 is 16.7 Å². The molecule has 1 aliphatic rings.